The average molecular weight is 332 g/mol. The fourth-order valence-electron chi connectivity index (χ4n) is 1.64. The molecule has 0 bridgehead atoms. The quantitative estimate of drug-likeness (QED) is 0.848. The molecule has 0 saturated heterocycles. The Balaban J connectivity index is 2.63. The Bertz CT molecular complexity index is 426. The van der Waals surface area contributed by atoms with Crippen LogP contribution in [0, 0.1) is 0 Å². The second kappa shape index (κ2) is 6.41. The molecule has 1 amide bonds. The van der Waals surface area contributed by atoms with Gasteiger partial charge >= 0.3 is 6.09 Å². The summed E-state index contributed by atoms with van der Waals surface area (Å²) in [5.74, 6) is 0. The predicted octanol–water partition coefficient (Wildman–Crippen LogP) is 3.46. The van der Waals surface area contributed by atoms with Gasteiger partial charge in [0.1, 0.15) is 5.60 Å². The molecular weight excluding hydrogens is 310 g/mol. The fraction of sp³-hybridized carbons (Fsp3) is 0.692. The van der Waals surface area contributed by atoms with E-state index in [0.29, 0.717) is 6.54 Å². The largest absolute Gasteiger partial charge is 0.444 e. The van der Waals surface area contributed by atoms with Gasteiger partial charge in [-0.1, -0.05) is 6.92 Å². The zero-order valence-electron chi connectivity index (χ0n) is 12.2. The van der Waals surface area contributed by atoms with Crippen molar-refractivity contribution in [3.63, 3.8) is 0 Å². The lowest BCUT2D eigenvalue weighted by Crippen LogP contribution is -2.37. The van der Waals surface area contributed by atoms with Gasteiger partial charge in [-0.25, -0.2) is 4.79 Å². The van der Waals surface area contributed by atoms with E-state index in [0.717, 1.165) is 10.9 Å². The molecule has 0 aliphatic rings. The Morgan fingerprint density at radius 3 is 2.63 bits per heavy atom. The molecule has 1 aromatic heterocycles. The monoisotopic (exact) mass is 331 g/mol. The van der Waals surface area contributed by atoms with Crippen LogP contribution in [0.3, 0.4) is 0 Å². The number of halogens is 1. The number of amides is 1. The number of hydrogen-bond donors (Lipinski definition) is 0. The van der Waals surface area contributed by atoms with E-state index in [1.165, 1.54) is 0 Å². The second-order valence-corrected chi connectivity index (χ2v) is 6.48. The normalized spacial score (nSPS) is 13.2. The van der Waals surface area contributed by atoms with Gasteiger partial charge in [-0.2, -0.15) is 5.10 Å². The Hall–Kier alpha value is -1.04. The highest BCUT2D eigenvalue weighted by Crippen LogP contribution is 2.17. The standard InChI is InChI=1S/C13H22BrN3O2/c1-6-11(17-8-10(14)7-15-17)9-16(5)12(18)19-13(2,3)4/h7-8,11H,6,9H2,1-5H3. The summed E-state index contributed by atoms with van der Waals surface area (Å²) in [7, 11) is 1.75. The summed E-state index contributed by atoms with van der Waals surface area (Å²) in [6.45, 7) is 8.23. The zero-order valence-corrected chi connectivity index (χ0v) is 13.8. The van der Waals surface area contributed by atoms with Crippen LogP contribution in [0.4, 0.5) is 4.79 Å². The van der Waals surface area contributed by atoms with E-state index in [9.17, 15) is 4.79 Å². The first kappa shape index (κ1) is 16.0. The number of ether oxygens (including phenoxy) is 1. The molecule has 6 heteroatoms. The molecule has 0 fully saturated rings. The second-order valence-electron chi connectivity index (χ2n) is 5.56. The van der Waals surface area contributed by atoms with E-state index in [1.807, 2.05) is 31.6 Å². The molecule has 108 valence electrons. The van der Waals surface area contributed by atoms with Crippen molar-refractivity contribution in [3.8, 4) is 0 Å². The van der Waals surface area contributed by atoms with Gasteiger partial charge in [0.2, 0.25) is 0 Å². The highest BCUT2D eigenvalue weighted by atomic mass is 79.9. The molecule has 1 atom stereocenters. The van der Waals surface area contributed by atoms with Crippen LogP contribution < -0.4 is 0 Å². The highest BCUT2D eigenvalue weighted by molar-refractivity contribution is 9.10. The van der Waals surface area contributed by atoms with Gasteiger partial charge in [0.05, 0.1) is 16.7 Å². The molecule has 1 unspecified atom stereocenters. The van der Waals surface area contributed by atoms with Crippen molar-refractivity contribution >= 4 is 22.0 Å². The van der Waals surface area contributed by atoms with Gasteiger partial charge < -0.3 is 9.64 Å². The summed E-state index contributed by atoms with van der Waals surface area (Å²) in [6, 6.07) is 0.142. The Kier molecular flexibility index (Phi) is 5.40. The number of carbonyl (C=O) groups excluding carboxylic acids is 1. The van der Waals surface area contributed by atoms with Gasteiger partial charge in [0.15, 0.2) is 0 Å². The van der Waals surface area contributed by atoms with Crippen LogP contribution in [-0.4, -0.2) is 40.0 Å². The highest BCUT2D eigenvalue weighted by Gasteiger charge is 2.22. The van der Waals surface area contributed by atoms with Crippen LogP contribution in [0.15, 0.2) is 16.9 Å². The van der Waals surface area contributed by atoms with Gasteiger partial charge in [-0.05, 0) is 43.1 Å². The van der Waals surface area contributed by atoms with E-state index < -0.39 is 5.60 Å². The van der Waals surface area contributed by atoms with Gasteiger partial charge in [-0.3, -0.25) is 4.68 Å². The Labute approximate surface area is 123 Å². The molecule has 0 spiro atoms. The molecular formula is C13H22BrN3O2. The molecule has 0 saturated carbocycles. The SMILES string of the molecule is CCC(CN(C)C(=O)OC(C)(C)C)n1cc(Br)cn1. The Morgan fingerprint density at radius 2 is 2.21 bits per heavy atom. The summed E-state index contributed by atoms with van der Waals surface area (Å²) < 4.78 is 8.14. The van der Waals surface area contributed by atoms with E-state index in [4.69, 9.17) is 4.74 Å². The first-order valence-electron chi connectivity index (χ1n) is 6.36. The van der Waals surface area contributed by atoms with Crippen LogP contribution in [-0.2, 0) is 4.74 Å². The van der Waals surface area contributed by atoms with Gasteiger partial charge in [0.25, 0.3) is 0 Å². The molecule has 5 nitrogen and oxygen atoms in total. The third-order valence-electron chi connectivity index (χ3n) is 2.61. The first-order chi connectivity index (χ1) is 8.73. The predicted molar refractivity (Wildman–Crippen MR) is 78.1 cm³/mol. The minimum absolute atomic E-state index is 0.142. The van der Waals surface area contributed by atoms with Crippen molar-refractivity contribution in [3.05, 3.63) is 16.9 Å². The number of likely N-dealkylation sites (N-methyl/N-ethyl adjacent to an activating group) is 1. The average Bonchev–Trinajstić information content (AvgIpc) is 2.69. The molecule has 1 rings (SSSR count). The van der Waals surface area contributed by atoms with E-state index >= 15 is 0 Å². The minimum atomic E-state index is -0.470. The zero-order chi connectivity index (χ0) is 14.6. The summed E-state index contributed by atoms with van der Waals surface area (Å²) in [5.41, 5.74) is -0.470. The fourth-order valence-corrected chi connectivity index (χ4v) is 1.95. The molecule has 0 aromatic carbocycles. The number of nitrogens with zero attached hydrogens (tertiary/aromatic N) is 3. The summed E-state index contributed by atoms with van der Waals surface area (Å²) in [4.78, 5) is 13.5. The third-order valence-corrected chi connectivity index (χ3v) is 3.01. The van der Waals surface area contributed by atoms with Crippen molar-refractivity contribution in [1.29, 1.82) is 0 Å². The maximum absolute atomic E-state index is 11.9. The van der Waals surface area contributed by atoms with Crippen molar-refractivity contribution < 1.29 is 9.53 Å². The molecule has 0 N–H and O–H groups in total. The van der Waals surface area contributed by atoms with Crippen LogP contribution in [0.5, 0.6) is 0 Å². The molecule has 0 radical (unpaired) electrons. The summed E-state index contributed by atoms with van der Waals surface area (Å²) in [6.07, 6.45) is 4.24. The van der Waals surface area contributed by atoms with Crippen molar-refractivity contribution in [2.75, 3.05) is 13.6 Å². The molecule has 0 aliphatic heterocycles. The van der Waals surface area contributed by atoms with Crippen LogP contribution in [0.2, 0.25) is 0 Å². The smallest absolute Gasteiger partial charge is 0.410 e. The lowest BCUT2D eigenvalue weighted by atomic mass is 10.2. The van der Waals surface area contributed by atoms with Crippen LogP contribution in [0.1, 0.15) is 40.2 Å². The van der Waals surface area contributed by atoms with Gasteiger partial charge in [-0.15, -0.1) is 0 Å². The van der Waals surface area contributed by atoms with Crippen molar-refractivity contribution in [1.82, 2.24) is 14.7 Å². The third kappa shape index (κ3) is 5.22. The lowest BCUT2D eigenvalue weighted by Gasteiger charge is -2.27. The number of rotatable bonds is 4. The molecule has 1 heterocycles. The summed E-state index contributed by atoms with van der Waals surface area (Å²) in [5, 5.41) is 4.26. The number of aromatic nitrogens is 2. The number of carbonyl (C=O) groups is 1. The van der Waals surface area contributed by atoms with Crippen LogP contribution in [0.25, 0.3) is 0 Å². The maximum atomic E-state index is 11.9. The minimum Gasteiger partial charge on any atom is -0.444 e. The number of hydrogen-bond acceptors (Lipinski definition) is 3. The summed E-state index contributed by atoms with van der Waals surface area (Å²) >= 11 is 3.38. The van der Waals surface area contributed by atoms with E-state index in [-0.39, 0.29) is 12.1 Å². The molecule has 0 aliphatic carbocycles. The van der Waals surface area contributed by atoms with E-state index in [2.05, 4.69) is 28.0 Å². The maximum Gasteiger partial charge on any atom is 0.410 e. The molecule has 19 heavy (non-hydrogen) atoms. The van der Waals surface area contributed by atoms with E-state index in [1.54, 1.807) is 18.1 Å². The first-order valence-corrected chi connectivity index (χ1v) is 7.16. The van der Waals surface area contributed by atoms with Crippen molar-refractivity contribution in [2.24, 2.45) is 0 Å². The Morgan fingerprint density at radius 1 is 1.58 bits per heavy atom. The van der Waals surface area contributed by atoms with Crippen LogP contribution >= 0.6 is 15.9 Å². The van der Waals surface area contributed by atoms with Gasteiger partial charge in [0, 0.05) is 19.8 Å². The molecule has 1 aromatic rings. The topological polar surface area (TPSA) is 47.4 Å². The van der Waals surface area contributed by atoms with Crippen molar-refractivity contribution in [2.45, 2.75) is 45.8 Å². The lowest BCUT2D eigenvalue weighted by molar-refractivity contribution is 0.0272.